The first kappa shape index (κ1) is 21.3. The van der Waals surface area contributed by atoms with Crippen LogP contribution in [0.3, 0.4) is 0 Å². The van der Waals surface area contributed by atoms with Crippen molar-refractivity contribution < 1.29 is 18.7 Å². The van der Waals surface area contributed by atoms with Crippen molar-refractivity contribution in [3.63, 3.8) is 0 Å². The standard InChI is InChI=1S/C27H23N3O4/c1-32-21-9-5-10-22(16-21)33-18-23-12-13-25(34-23)27(31)28-26-14-15-30(29-26)17-20-8-4-7-19-6-2-3-11-24(19)20/h2-16H,17-18H2,1H3,(H,28,29,31). The van der Waals surface area contributed by atoms with Crippen LogP contribution in [0.25, 0.3) is 10.8 Å². The van der Waals surface area contributed by atoms with Crippen molar-refractivity contribution in [1.82, 2.24) is 9.78 Å². The molecule has 34 heavy (non-hydrogen) atoms. The number of rotatable bonds is 8. The van der Waals surface area contributed by atoms with Gasteiger partial charge in [0, 0.05) is 18.3 Å². The van der Waals surface area contributed by atoms with Crippen molar-refractivity contribution in [2.75, 3.05) is 12.4 Å². The summed E-state index contributed by atoms with van der Waals surface area (Å²) in [5.41, 5.74) is 1.16. The first-order valence-electron chi connectivity index (χ1n) is 10.8. The lowest BCUT2D eigenvalue weighted by Gasteiger charge is -2.07. The third-order valence-electron chi connectivity index (χ3n) is 5.40. The molecule has 5 rings (SSSR count). The predicted octanol–water partition coefficient (Wildman–Crippen LogP) is 5.52. The minimum absolute atomic E-state index is 0.188. The molecule has 3 aromatic carbocycles. The number of amides is 1. The molecule has 5 aromatic rings. The van der Waals surface area contributed by atoms with Crippen molar-refractivity contribution in [3.05, 3.63) is 108 Å². The summed E-state index contributed by atoms with van der Waals surface area (Å²) in [5.74, 6) is 2.16. The third-order valence-corrected chi connectivity index (χ3v) is 5.40. The molecule has 0 aliphatic carbocycles. The molecule has 0 fully saturated rings. The molecule has 0 bridgehead atoms. The fourth-order valence-electron chi connectivity index (χ4n) is 3.72. The van der Waals surface area contributed by atoms with Crippen molar-refractivity contribution in [2.24, 2.45) is 0 Å². The minimum atomic E-state index is -0.372. The molecule has 1 amide bonds. The average molecular weight is 453 g/mol. The lowest BCUT2D eigenvalue weighted by atomic mass is 10.0. The van der Waals surface area contributed by atoms with Crippen LogP contribution >= 0.6 is 0 Å². The van der Waals surface area contributed by atoms with Crippen LogP contribution in [-0.4, -0.2) is 22.8 Å². The van der Waals surface area contributed by atoms with E-state index in [1.807, 2.05) is 42.6 Å². The van der Waals surface area contributed by atoms with Gasteiger partial charge in [-0.1, -0.05) is 48.5 Å². The van der Waals surface area contributed by atoms with Crippen LogP contribution in [0.1, 0.15) is 21.9 Å². The fraction of sp³-hybridized carbons (Fsp3) is 0.111. The number of aromatic nitrogens is 2. The van der Waals surface area contributed by atoms with Crippen LogP contribution in [0, 0.1) is 0 Å². The second-order valence-electron chi connectivity index (χ2n) is 7.72. The van der Waals surface area contributed by atoms with E-state index in [0.717, 1.165) is 5.56 Å². The number of hydrogen-bond acceptors (Lipinski definition) is 5. The van der Waals surface area contributed by atoms with Gasteiger partial charge in [0.05, 0.1) is 13.7 Å². The highest BCUT2D eigenvalue weighted by atomic mass is 16.5. The normalized spacial score (nSPS) is 10.9. The molecule has 1 N–H and O–H groups in total. The molecule has 0 unspecified atom stereocenters. The van der Waals surface area contributed by atoms with Gasteiger partial charge >= 0.3 is 0 Å². The van der Waals surface area contributed by atoms with Crippen molar-refractivity contribution >= 4 is 22.5 Å². The van der Waals surface area contributed by atoms with Gasteiger partial charge in [-0.2, -0.15) is 5.10 Å². The lowest BCUT2D eigenvalue weighted by Crippen LogP contribution is -2.12. The third kappa shape index (κ3) is 4.78. The molecular weight excluding hydrogens is 430 g/mol. The number of ether oxygens (including phenoxy) is 2. The summed E-state index contributed by atoms with van der Waals surface area (Å²) in [7, 11) is 1.60. The van der Waals surface area contributed by atoms with E-state index in [2.05, 4.69) is 34.7 Å². The van der Waals surface area contributed by atoms with Crippen molar-refractivity contribution in [1.29, 1.82) is 0 Å². The molecular formula is C27H23N3O4. The van der Waals surface area contributed by atoms with Gasteiger partial charge in [0.2, 0.25) is 0 Å². The smallest absolute Gasteiger partial charge is 0.292 e. The molecule has 2 heterocycles. The monoisotopic (exact) mass is 453 g/mol. The molecule has 0 atom stereocenters. The summed E-state index contributed by atoms with van der Waals surface area (Å²) in [6, 6.07) is 26.8. The first-order chi connectivity index (χ1) is 16.7. The number of hydrogen-bond donors (Lipinski definition) is 1. The second kappa shape index (κ2) is 9.54. The summed E-state index contributed by atoms with van der Waals surface area (Å²) in [4.78, 5) is 12.6. The van der Waals surface area contributed by atoms with E-state index >= 15 is 0 Å². The van der Waals surface area contributed by atoms with Crippen molar-refractivity contribution in [3.8, 4) is 11.5 Å². The Kier molecular flexibility index (Phi) is 5.99. The molecule has 0 saturated heterocycles. The van der Waals surface area contributed by atoms with E-state index < -0.39 is 0 Å². The van der Waals surface area contributed by atoms with E-state index in [-0.39, 0.29) is 18.3 Å². The number of nitrogens with one attached hydrogen (secondary N) is 1. The SMILES string of the molecule is COc1cccc(OCc2ccc(C(=O)Nc3ccn(Cc4cccc5ccccc45)n3)o2)c1. The molecule has 7 heteroatoms. The number of methoxy groups -OCH3 is 1. The zero-order chi connectivity index (χ0) is 23.3. The van der Waals surface area contributed by atoms with Gasteiger partial charge in [0.1, 0.15) is 23.9 Å². The molecule has 0 saturated carbocycles. The topological polar surface area (TPSA) is 78.5 Å². The highest BCUT2D eigenvalue weighted by Crippen LogP contribution is 2.21. The Morgan fingerprint density at radius 1 is 0.971 bits per heavy atom. The van der Waals surface area contributed by atoms with E-state index in [9.17, 15) is 4.79 Å². The second-order valence-corrected chi connectivity index (χ2v) is 7.72. The van der Waals surface area contributed by atoms with Gasteiger partial charge in [-0.3, -0.25) is 9.48 Å². The Morgan fingerprint density at radius 3 is 2.71 bits per heavy atom. The van der Waals surface area contributed by atoms with E-state index in [4.69, 9.17) is 13.9 Å². The lowest BCUT2D eigenvalue weighted by molar-refractivity contribution is 0.0992. The van der Waals surface area contributed by atoms with Gasteiger partial charge in [0.15, 0.2) is 11.6 Å². The van der Waals surface area contributed by atoms with Gasteiger partial charge in [-0.15, -0.1) is 0 Å². The van der Waals surface area contributed by atoms with Crippen LogP contribution in [0.4, 0.5) is 5.82 Å². The zero-order valence-corrected chi connectivity index (χ0v) is 18.6. The van der Waals surface area contributed by atoms with E-state index in [1.54, 1.807) is 36.1 Å². The number of fused-ring (bicyclic) bond motifs is 1. The number of carbonyl (C=O) groups excluding carboxylic acids is 1. The number of benzene rings is 3. The van der Waals surface area contributed by atoms with Crippen LogP contribution < -0.4 is 14.8 Å². The Balaban J connectivity index is 1.20. The van der Waals surface area contributed by atoms with Gasteiger partial charge in [-0.25, -0.2) is 0 Å². The average Bonchev–Trinajstić information content (AvgIpc) is 3.53. The molecule has 0 aliphatic rings. The maximum atomic E-state index is 12.6. The maximum Gasteiger partial charge on any atom is 0.292 e. The van der Waals surface area contributed by atoms with Gasteiger partial charge < -0.3 is 19.2 Å². The molecule has 0 aliphatic heterocycles. The minimum Gasteiger partial charge on any atom is -0.497 e. The van der Waals surface area contributed by atoms with Crippen LogP contribution in [0.2, 0.25) is 0 Å². The van der Waals surface area contributed by atoms with Crippen molar-refractivity contribution in [2.45, 2.75) is 13.2 Å². The van der Waals surface area contributed by atoms with E-state index in [1.165, 1.54) is 10.8 Å². The molecule has 0 radical (unpaired) electrons. The van der Waals surface area contributed by atoms with E-state index in [0.29, 0.717) is 29.6 Å². The largest absolute Gasteiger partial charge is 0.497 e. The summed E-state index contributed by atoms with van der Waals surface area (Å²) in [6.07, 6.45) is 1.84. The molecule has 2 aromatic heterocycles. The van der Waals surface area contributed by atoms with Crippen LogP contribution in [-0.2, 0) is 13.2 Å². The fourth-order valence-corrected chi connectivity index (χ4v) is 3.72. The number of furan rings is 1. The number of anilines is 1. The maximum absolute atomic E-state index is 12.6. The van der Waals surface area contributed by atoms with Crippen LogP contribution in [0.15, 0.2) is 95.5 Å². The Hall–Kier alpha value is -4.52. The molecule has 7 nitrogen and oxygen atoms in total. The summed E-state index contributed by atoms with van der Waals surface area (Å²) >= 11 is 0. The quantitative estimate of drug-likeness (QED) is 0.335. The Morgan fingerprint density at radius 2 is 1.79 bits per heavy atom. The molecule has 0 spiro atoms. The highest BCUT2D eigenvalue weighted by molar-refractivity contribution is 6.01. The molecule has 170 valence electrons. The summed E-state index contributed by atoms with van der Waals surface area (Å²) < 4.78 is 18.3. The first-order valence-corrected chi connectivity index (χ1v) is 10.8. The number of carbonyl (C=O) groups is 1. The zero-order valence-electron chi connectivity index (χ0n) is 18.6. The highest BCUT2D eigenvalue weighted by Gasteiger charge is 2.14. The Bertz CT molecular complexity index is 1430. The predicted molar refractivity (Wildman–Crippen MR) is 129 cm³/mol. The summed E-state index contributed by atoms with van der Waals surface area (Å²) in [6.45, 7) is 0.795. The summed E-state index contributed by atoms with van der Waals surface area (Å²) in [5, 5.41) is 9.64. The van der Waals surface area contributed by atoms with Crippen LogP contribution in [0.5, 0.6) is 11.5 Å². The number of nitrogens with zero attached hydrogens (tertiary/aromatic N) is 2. The van der Waals surface area contributed by atoms with Gasteiger partial charge in [-0.05, 0) is 40.6 Å². The van der Waals surface area contributed by atoms with Gasteiger partial charge in [0.25, 0.3) is 5.91 Å². The Labute approximate surface area is 196 Å².